The van der Waals surface area contributed by atoms with Gasteiger partial charge >= 0.3 is 0 Å². The van der Waals surface area contributed by atoms with E-state index in [1.165, 1.54) is 25.7 Å². The number of allylic oxidation sites excluding steroid dienone is 1. The molecular weight excluding hydrogens is 223 g/mol. The van der Waals surface area contributed by atoms with E-state index in [4.69, 9.17) is 0 Å². The van der Waals surface area contributed by atoms with Crippen LogP contribution in [0.1, 0.15) is 32.6 Å². The average molecular weight is 234 g/mol. The number of rotatable bonds is 1. The lowest BCUT2D eigenvalue weighted by Gasteiger charge is -2.27. The Morgan fingerprint density at radius 2 is 2.67 bits per heavy atom. The van der Waals surface area contributed by atoms with Crippen molar-refractivity contribution in [3.05, 3.63) is 5.57 Å². The third-order valence-electron chi connectivity index (χ3n) is 2.44. The standard InChI is InChI=1S/C8H11I/c1-2-8-5-3-4-7(8)6-9-8/h2-5H2,1H3. The average Bonchev–Trinajstić information content (AvgIpc) is 2.10. The molecule has 1 saturated carbocycles. The van der Waals surface area contributed by atoms with Crippen LogP contribution in [-0.2, 0) is 0 Å². The highest BCUT2D eigenvalue weighted by Gasteiger charge is 2.39. The van der Waals surface area contributed by atoms with Gasteiger partial charge in [-0.2, -0.15) is 0 Å². The molecular formula is C8H11I. The summed E-state index contributed by atoms with van der Waals surface area (Å²) in [6.07, 6.45) is 5.74. The lowest BCUT2D eigenvalue weighted by Crippen LogP contribution is -2.22. The first-order valence-electron chi connectivity index (χ1n) is 3.65. The summed E-state index contributed by atoms with van der Waals surface area (Å²) in [5.41, 5.74) is 1.71. The summed E-state index contributed by atoms with van der Waals surface area (Å²) in [7, 11) is 0. The number of alkyl halides is 1. The highest BCUT2D eigenvalue weighted by molar-refractivity contribution is 14.2. The Bertz CT molecular complexity index is 199. The summed E-state index contributed by atoms with van der Waals surface area (Å²) in [4.78, 5) is 0. The van der Waals surface area contributed by atoms with Crippen LogP contribution in [0.25, 0.3) is 0 Å². The summed E-state index contributed by atoms with van der Waals surface area (Å²) >= 11 is 0.374. The van der Waals surface area contributed by atoms with E-state index in [2.05, 4.69) is 10.6 Å². The lowest BCUT2D eigenvalue weighted by molar-refractivity contribution is 0.690. The minimum atomic E-state index is 0.374. The van der Waals surface area contributed by atoms with Crippen molar-refractivity contribution in [3.8, 4) is 0 Å². The largest absolute Gasteiger partial charge is 0.0855 e. The zero-order valence-corrected chi connectivity index (χ0v) is 7.86. The number of hydrogen-bond donors (Lipinski definition) is 0. The maximum atomic E-state index is 3.53. The van der Waals surface area contributed by atoms with Gasteiger partial charge in [0, 0.05) is 0 Å². The van der Waals surface area contributed by atoms with E-state index >= 15 is 0 Å². The van der Waals surface area contributed by atoms with E-state index in [9.17, 15) is 0 Å². The van der Waals surface area contributed by atoms with Gasteiger partial charge in [-0.1, -0.05) is 31.3 Å². The van der Waals surface area contributed by atoms with Crippen molar-refractivity contribution in [1.29, 1.82) is 0 Å². The van der Waals surface area contributed by atoms with Crippen molar-refractivity contribution >= 4 is 24.4 Å². The van der Waals surface area contributed by atoms with Crippen LogP contribution in [0.3, 0.4) is 0 Å². The molecule has 1 atom stereocenters. The SMILES string of the molecule is CCC12CCCC1=C=I2. The molecule has 0 N–H and O–H groups in total. The number of hydrogen-bond acceptors (Lipinski definition) is 0. The zero-order valence-electron chi connectivity index (χ0n) is 5.71. The summed E-state index contributed by atoms with van der Waals surface area (Å²) in [5.74, 6) is 0. The molecule has 0 radical (unpaired) electrons. The third kappa shape index (κ3) is 0.681. The van der Waals surface area contributed by atoms with Crippen molar-refractivity contribution < 1.29 is 0 Å². The normalized spacial score (nSPS) is 38.6. The quantitative estimate of drug-likeness (QED) is 0.483. The van der Waals surface area contributed by atoms with Crippen LogP contribution < -0.4 is 0 Å². The highest BCUT2D eigenvalue weighted by atomic mass is 127. The Kier molecular flexibility index (Phi) is 1.31. The predicted octanol–water partition coefficient (Wildman–Crippen LogP) is 2.63. The van der Waals surface area contributed by atoms with E-state index in [0.717, 1.165) is 3.42 Å². The molecule has 0 nitrogen and oxygen atoms in total. The minimum absolute atomic E-state index is 0.374. The molecule has 0 amide bonds. The summed E-state index contributed by atoms with van der Waals surface area (Å²) in [6.45, 7) is 2.34. The second-order valence-electron chi connectivity index (χ2n) is 2.84. The minimum Gasteiger partial charge on any atom is -0.0855 e. The number of fused-ring (bicyclic) bond motifs is 1. The van der Waals surface area contributed by atoms with E-state index in [-0.39, 0.29) is 0 Å². The van der Waals surface area contributed by atoms with E-state index in [0.29, 0.717) is 20.7 Å². The zero-order chi connectivity index (χ0) is 6.32. The van der Waals surface area contributed by atoms with Crippen LogP contribution in [0.15, 0.2) is 5.57 Å². The maximum absolute atomic E-state index is 3.53. The molecule has 0 aromatic carbocycles. The molecule has 1 heteroatoms. The van der Waals surface area contributed by atoms with Crippen LogP contribution in [0, 0.1) is 0 Å². The van der Waals surface area contributed by atoms with Gasteiger partial charge < -0.3 is 0 Å². The van der Waals surface area contributed by atoms with Gasteiger partial charge in [0.25, 0.3) is 0 Å². The molecule has 0 spiro atoms. The third-order valence-corrected chi connectivity index (χ3v) is 6.35. The summed E-state index contributed by atoms with van der Waals surface area (Å²) < 4.78 is 4.32. The van der Waals surface area contributed by atoms with Crippen LogP contribution >= 0.6 is 20.7 Å². The van der Waals surface area contributed by atoms with Crippen molar-refractivity contribution in [2.45, 2.75) is 36.0 Å². The van der Waals surface area contributed by atoms with Gasteiger partial charge in [0.15, 0.2) is 0 Å². The Labute approximate surface area is 66.1 Å². The molecule has 1 fully saturated rings. The van der Waals surface area contributed by atoms with Crippen LogP contribution in [0.5, 0.6) is 0 Å². The topological polar surface area (TPSA) is 0 Å². The van der Waals surface area contributed by atoms with Gasteiger partial charge in [0.2, 0.25) is 0 Å². The Balaban J connectivity index is 2.29. The first-order valence-corrected chi connectivity index (χ1v) is 5.80. The molecule has 1 unspecified atom stereocenters. The monoisotopic (exact) mass is 234 g/mol. The molecule has 1 aliphatic carbocycles. The van der Waals surface area contributed by atoms with Gasteiger partial charge in [-0.05, 0) is 31.3 Å². The first-order chi connectivity index (χ1) is 4.37. The van der Waals surface area contributed by atoms with Gasteiger partial charge in [-0.3, -0.25) is 0 Å². The van der Waals surface area contributed by atoms with Crippen LogP contribution in [0.4, 0.5) is 0 Å². The summed E-state index contributed by atoms with van der Waals surface area (Å²) in [6, 6.07) is 0. The molecule has 9 heavy (non-hydrogen) atoms. The van der Waals surface area contributed by atoms with Crippen LogP contribution in [0.2, 0.25) is 0 Å². The van der Waals surface area contributed by atoms with Gasteiger partial charge in [0.05, 0.1) is 3.42 Å². The van der Waals surface area contributed by atoms with Crippen LogP contribution in [-0.4, -0.2) is 7.09 Å². The fourth-order valence-electron chi connectivity index (χ4n) is 1.72. The van der Waals surface area contributed by atoms with Crippen molar-refractivity contribution in [2.75, 3.05) is 0 Å². The maximum Gasteiger partial charge on any atom is 0.0528 e. The fraction of sp³-hybridized carbons (Fsp3) is 0.750. The highest BCUT2D eigenvalue weighted by Crippen LogP contribution is 2.51. The van der Waals surface area contributed by atoms with Crippen molar-refractivity contribution in [1.82, 2.24) is 0 Å². The Hall–Kier alpha value is 0.380. The molecule has 0 saturated heterocycles. The predicted molar refractivity (Wildman–Crippen MR) is 49.4 cm³/mol. The van der Waals surface area contributed by atoms with E-state index < -0.39 is 0 Å². The van der Waals surface area contributed by atoms with Crippen molar-refractivity contribution in [2.24, 2.45) is 0 Å². The number of halogens is 1. The second kappa shape index (κ2) is 1.93. The summed E-state index contributed by atoms with van der Waals surface area (Å²) in [5, 5.41) is 0. The van der Waals surface area contributed by atoms with Gasteiger partial charge in [-0.15, -0.1) is 0 Å². The first kappa shape index (κ1) is 6.11. The molecule has 1 aliphatic heterocycles. The smallest absolute Gasteiger partial charge is 0.0528 e. The van der Waals surface area contributed by atoms with Crippen molar-refractivity contribution in [3.63, 3.8) is 0 Å². The Morgan fingerprint density at radius 3 is 3.00 bits per heavy atom. The second-order valence-corrected chi connectivity index (χ2v) is 5.98. The van der Waals surface area contributed by atoms with E-state index in [1.54, 1.807) is 5.57 Å². The molecule has 50 valence electrons. The van der Waals surface area contributed by atoms with Gasteiger partial charge in [-0.25, -0.2) is 0 Å². The van der Waals surface area contributed by atoms with E-state index in [1.807, 2.05) is 0 Å². The van der Waals surface area contributed by atoms with Gasteiger partial charge in [0.1, 0.15) is 0 Å². The molecule has 2 rings (SSSR count). The fourth-order valence-corrected chi connectivity index (χ4v) is 4.71. The Morgan fingerprint density at radius 1 is 1.78 bits per heavy atom. The molecule has 1 heterocycles. The molecule has 2 aliphatic rings. The molecule has 0 bridgehead atoms. The molecule has 0 aromatic heterocycles. The molecule has 0 aromatic rings. The lowest BCUT2D eigenvalue weighted by atomic mass is 10.0.